The summed E-state index contributed by atoms with van der Waals surface area (Å²) in [6, 6.07) is 24.2. The van der Waals surface area contributed by atoms with Gasteiger partial charge in [0.05, 0.1) is 17.8 Å². The van der Waals surface area contributed by atoms with E-state index in [9.17, 15) is 4.79 Å². The van der Waals surface area contributed by atoms with E-state index in [-0.39, 0.29) is 18.0 Å². The highest BCUT2D eigenvalue weighted by Gasteiger charge is 2.41. The number of thiocarbonyl (C=S) groups is 1. The molecule has 0 aliphatic carbocycles. The number of nitrogens with one attached hydrogen (secondary N) is 2. The Kier molecular flexibility index (Phi) is 8.14. The first kappa shape index (κ1) is 27.1. The number of aryl methyl sites for hydroxylation is 2. The van der Waals surface area contributed by atoms with Crippen LogP contribution in [0.5, 0.6) is 0 Å². The second kappa shape index (κ2) is 11.7. The van der Waals surface area contributed by atoms with E-state index in [1.807, 2.05) is 60.8 Å². The standard InChI is InChI=1S/C31H32BrN5OS/c1-4-22-10-5-6-13-26(22)34-28(38)15-17-36-30(29(35-31(36)39)27-14-7-8-16-33-27)25-18-20(2)37(21(25)3)24-12-9-11-23(32)19-24/h5-14,16,18-19,29-30H,4,15,17H2,1-3H3,(H,34,38)(H,35,39)/t29-,30-/m0/s1. The summed E-state index contributed by atoms with van der Waals surface area (Å²) in [6.45, 7) is 6.84. The van der Waals surface area contributed by atoms with Crippen molar-refractivity contribution in [3.05, 3.63) is 112 Å². The molecule has 1 saturated heterocycles. The van der Waals surface area contributed by atoms with Crippen LogP contribution in [-0.2, 0) is 11.2 Å². The lowest BCUT2D eigenvalue weighted by Gasteiger charge is -2.28. The van der Waals surface area contributed by atoms with Crippen LogP contribution in [0.3, 0.4) is 0 Å². The summed E-state index contributed by atoms with van der Waals surface area (Å²) in [7, 11) is 0. The molecular formula is C31H32BrN5OS. The Morgan fingerprint density at radius 2 is 1.87 bits per heavy atom. The van der Waals surface area contributed by atoms with Crippen LogP contribution < -0.4 is 10.6 Å². The fourth-order valence-electron chi connectivity index (χ4n) is 5.47. The molecule has 0 unspecified atom stereocenters. The van der Waals surface area contributed by atoms with Gasteiger partial charge in [0.15, 0.2) is 5.11 Å². The Hall–Kier alpha value is -3.49. The number of halogens is 1. The van der Waals surface area contributed by atoms with Crippen molar-refractivity contribution in [3.63, 3.8) is 0 Å². The van der Waals surface area contributed by atoms with E-state index in [0.717, 1.165) is 50.5 Å². The SMILES string of the molecule is CCc1ccccc1NC(=O)CCN1C(=S)N[C@@H](c2ccccn2)[C@@H]1c1cc(C)n(-c2cccc(Br)c2)c1C. The lowest BCUT2D eigenvalue weighted by molar-refractivity contribution is -0.116. The first-order valence-electron chi connectivity index (χ1n) is 13.2. The third-order valence-corrected chi connectivity index (χ3v) is 8.15. The number of para-hydroxylation sites is 1. The Bertz CT molecular complexity index is 1500. The molecule has 6 nitrogen and oxygen atoms in total. The number of amides is 1. The van der Waals surface area contributed by atoms with Crippen molar-refractivity contribution in [3.8, 4) is 5.69 Å². The molecule has 1 fully saturated rings. The lowest BCUT2D eigenvalue weighted by atomic mass is 9.96. The molecule has 5 rings (SSSR count). The Labute approximate surface area is 243 Å². The van der Waals surface area contributed by atoms with Gasteiger partial charge in [0, 0.05) is 46.4 Å². The van der Waals surface area contributed by atoms with Crippen molar-refractivity contribution in [1.82, 2.24) is 19.8 Å². The highest BCUT2D eigenvalue weighted by Crippen LogP contribution is 2.41. The van der Waals surface area contributed by atoms with Crippen LogP contribution in [0.1, 0.15) is 53.6 Å². The normalized spacial score (nSPS) is 16.8. The molecule has 2 aromatic heterocycles. The fraction of sp³-hybridized carbons (Fsp3) is 0.258. The molecule has 2 N–H and O–H groups in total. The van der Waals surface area contributed by atoms with Gasteiger partial charge in [-0.1, -0.05) is 53.2 Å². The van der Waals surface area contributed by atoms with Gasteiger partial charge in [-0.15, -0.1) is 0 Å². The number of carbonyl (C=O) groups excluding carboxylic acids is 1. The van der Waals surface area contributed by atoms with Crippen LogP contribution in [0.25, 0.3) is 5.69 Å². The number of pyridine rings is 1. The summed E-state index contributed by atoms with van der Waals surface area (Å²) in [4.78, 5) is 19.9. The molecule has 2 aromatic carbocycles. The van der Waals surface area contributed by atoms with Crippen LogP contribution in [0, 0.1) is 13.8 Å². The van der Waals surface area contributed by atoms with Crippen molar-refractivity contribution in [2.24, 2.45) is 0 Å². The molecule has 0 bridgehead atoms. The molecule has 39 heavy (non-hydrogen) atoms. The molecule has 0 radical (unpaired) electrons. The van der Waals surface area contributed by atoms with Crippen LogP contribution in [0.15, 0.2) is 83.5 Å². The first-order chi connectivity index (χ1) is 18.9. The van der Waals surface area contributed by atoms with Gasteiger partial charge < -0.3 is 20.1 Å². The first-order valence-corrected chi connectivity index (χ1v) is 14.4. The number of nitrogens with zero attached hydrogens (tertiary/aromatic N) is 3. The van der Waals surface area contributed by atoms with Gasteiger partial charge in [-0.05, 0) is 86.1 Å². The predicted molar refractivity (Wildman–Crippen MR) is 164 cm³/mol. The molecule has 8 heteroatoms. The van der Waals surface area contributed by atoms with Gasteiger partial charge >= 0.3 is 0 Å². The van der Waals surface area contributed by atoms with Gasteiger partial charge in [-0.2, -0.15) is 0 Å². The number of hydrogen-bond acceptors (Lipinski definition) is 3. The summed E-state index contributed by atoms with van der Waals surface area (Å²) in [5.41, 5.74) is 7.42. The van der Waals surface area contributed by atoms with Gasteiger partial charge in [0.2, 0.25) is 5.91 Å². The zero-order valence-corrected chi connectivity index (χ0v) is 24.7. The maximum Gasteiger partial charge on any atom is 0.226 e. The second-order valence-electron chi connectivity index (χ2n) is 9.77. The van der Waals surface area contributed by atoms with Gasteiger partial charge in [-0.3, -0.25) is 9.78 Å². The van der Waals surface area contributed by atoms with E-state index in [4.69, 9.17) is 12.2 Å². The average molecular weight is 603 g/mol. The average Bonchev–Trinajstić information content (AvgIpc) is 3.42. The molecular weight excluding hydrogens is 570 g/mol. The monoisotopic (exact) mass is 601 g/mol. The van der Waals surface area contributed by atoms with Crippen LogP contribution in [-0.4, -0.2) is 32.0 Å². The highest BCUT2D eigenvalue weighted by molar-refractivity contribution is 9.10. The topological polar surface area (TPSA) is 62.2 Å². The quantitative estimate of drug-likeness (QED) is 0.217. The van der Waals surface area contributed by atoms with E-state index in [0.29, 0.717) is 18.1 Å². The molecule has 0 saturated carbocycles. The van der Waals surface area contributed by atoms with Crippen molar-refractivity contribution in [2.45, 2.75) is 45.7 Å². The molecule has 1 aliphatic heterocycles. The van der Waals surface area contributed by atoms with E-state index in [2.05, 4.69) is 80.0 Å². The molecule has 0 spiro atoms. The Morgan fingerprint density at radius 1 is 1.08 bits per heavy atom. The number of benzene rings is 2. The van der Waals surface area contributed by atoms with E-state index < -0.39 is 0 Å². The second-order valence-corrected chi connectivity index (χ2v) is 11.1. The van der Waals surface area contributed by atoms with Crippen molar-refractivity contribution in [2.75, 3.05) is 11.9 Å². The fourth-order valence-corrected chi connectivity index (χ4v) is 6.19. The molecule has 200 valence electrons. The number of rotatable bonds is 8. The summed E-state index contributed by atoms with van der Waals surface area (Å²) >= 11 is 9.46. The molecule has 4 aromatic rings. The van der Waals surface area contributed by atoms with E-state index in [1.54, 1.807) is 0 Å². The summed E-state index contributed by atoms with van der Waals surface area (Å²) in [5, 5.41) is 7.24. The largest absolute Gasteiger partial charge is 0.352 e. The van der Waals surface area contributed by atoms with Gasteiger partial charge in [0.1, 0.15) is 0 Å². The van der Waals surface area contributed by atoms with Crippen LogP contribution in [0.2, 0.25) is 0 Å². The minimum atomic E-state index is -0.140. The molecule has 1 aliphatic rings. The van der Waals surface area contributed by atoms with Crippen molar-refractivity contribution >= 4 is 44.9 Å². The smallest absolute Gasteiger partial charge is 0.226 e. The maximum absolute atomic E-state index is 13.1. The number of aromatic nitrogens is 2. The molecule has 2 atom stereocenters. The van der Waals surface area contributed by atoms with Gasteiger partial charge in [-0.25, -0.2) is 0 Å². The Morgan fingerprint density at radius 3 is 2.62 bits per heavy atom. The van der Waals surface area contributed by atoms with Crippen LogP contribution in [0.4, 0.5) is 5.69 Å². The predicted octanol–water partition coefficient (Wildman–Crippen LogP) is 6.82. The number of hydrogen-bond donors (Lipinski definition) is 2. The van der Waals surface area contributed by atoms with Crippen LogP contribution >= 0.6 is 28.1 Å². The number of anilines is 1. The minimum Gasteiger partial charge on any atom is -0.352 e. The lowest BCUT2D eigenvalue weighted by Crippen LogP contribution is -2.33. The third kappa shape index (κ3) is 5.63. The molecule has 3 heterocycles. The van der Waals surface area contributed by atoms with Crippen molar-refractivity contribution < 1.29 is 4.79 Å². The third-order valence-electron chi connectivity index (χ3n) is 7.31. The summed E-state index contributed by atoms with van der Waals surface area (Å²) in [5.74, 6) is -0.0293. The van der Waals surface area contributed by atoms with E-state index in [1.165, 1.54) is 0 Å². The zero-order valence-electron chi connectivity index (χ0n) is 22.3. The zero-order chi connectivity index (χ0) is 27.5. The maximum atomic E-state index is 13.1. The minimum absolute atomic E-state index is 0.0293. The number of carbonyl (C=O) groups is 1. The summed E-state index contributed by atoms with van der Waals surface area (Å²) < 4.78 is 3.30. The Balaban J connectivity index is 1.47. The van der Waals surface area contributed by atoms with E-state index >= 15 is 0 Å². The van der Waals surface area contributed by atoms with Crippen molar-refractivity contribution in [1.29, 1.82) is 0 Å². The summed E-state index contributed by atoms with van der Waals surface area (Å²) in [6.07, 6.45) is 2.98. The highest BCUT2D eigenvalue weighted by atomic mass is 79.9. The van der Waals surface area contributed by atoms with Gasteiger partial charge in [0.25, 0.3) is 0 Å². The molecule has 1 amide bonds.